The lowest BCUT2D eigenvalue weighted by Gasteiger charge is -2.07. The van der Waals surface area contributed by atoms with Gasteiger partial charge in [0, 0.05) is 23.8 Å². The summed E-state index contributed by atoms with van der Waals surface area (Å²) in [5.74, 6) is 0.798. The summed E-state index contributed by atoms with van der Waals surface area (Å²) in [6.07, 6.45) is 0. The molecule has 2 heterocycles. The van der Waals surface area contributed by atoms with Gasteiger partial charge in [-0.2, -0.15) is 0 Å². The fraction of sp³-hybridized carbons (Fsp3) is 0.143. The van der Waals surface area contributed by atoms with E-state index in [0.717, 1.165) is 27.9 Å². The minimum Gasteiger partial charge on any atom is -0.497 e. The molecule has 0 amide bonds. The van der Waals surface area contributed by atoms with Crippen molar-refractivity contribution < 1.29 is 4.74 Å². The Morgan fingerprint density at radius 1 is 1.07 bits per heavy atom. The molecular formula is C21H20N4O2S. The topological polar surface area (TPSA) is 61.1 Å². The molecule has 0 aliphatic heterocycles. The zero-order chi connectivity index (χ0) is 19.7. The number of methoxy groups -OCH3 is 1. The van der Waals surface area contributed by atoms with E-state index in [1.807, 2.05) is 78.6 Å². The van der Waals surface area contributed by atoms with Gasteiger partial charge in [-0.1, -0.05) is 18.2 Å². The van der Waals surface area contributed by atoms with Gasteiger partial charge in [-0.05, 0) is 43.3 Å². The molecule has 0 aliphatic carbocycles. The van der Waals surface area contributed by atoms with Crippen molar-refractivity contribution in [3.05, 3.63) is 76.0 Å². The number of ether oxygens (including phenoxy) is 1. The molecule has 0 saturated carbocycles. The standard InChI is InChI=1S/C21H20N4O2S/c1-14-19(20(26)25(24(14)2)16-7-5-4-6-8-16)18-13-28-21(23-18)22-15-9-11-17(27-3)12-10-15/h4-13H,1-3H3,(H,22,23). The molecule has 1 N–H and O–H groups in total. The SMILES string of the molecule is COc1ccc(Nc2nc(-c3c(C)n(C)n(-c4ccccc4)c3=O)cs2)cc1. The molecule has 0 radical (unpaired) electrons. The van der Waals surface area contributed by atoms with E-state index >= 15 is 0 Å². The Hall–Kier alpha value is -3.32. The van der Waals surface area contributed by atoms with Crippen LogP contribution in [-0.4, -0.2) is 21.5 Å². The summed E-state index contributed by atoms with van der Waals surface area (Å²) in [6.45, 7) is 1.94. The minimum atomic E-state index is -0.0764. The van der Waals surface area contributed by atoms with Gasteiger partial charge in [0.05, 0.1) is 24.1 Å². The van der Waals surface area contributed by atoms with Gasteiger partial charge < -0.3 is 10.1 Å². The van der Waals surface area contributed by atoms with Crippen molar-refractivity contribution in [3.63, 3.8) is 0 Å². The lowest BCUT2D eigenvalue weighted by Crippen LogP contribution is -2.20. The summed E-state index contributed by atoms with van der Waals surface area (Å²) in [6, 6.07) is 17.2. The molecule has 6 nitrogen and oxygen atoms in total. The third kappa shape index (κ3) is 3.20. The number of anilines is 2. The third-order valence-electron chi connectivity index (χ3n) is 4.66. The first-order chi connectivity index (χ1) is 13.6. The normalized spacial score (nSPS) is 10.8. The van der Waals surface area contributed by atoms with Gasteiger partial charge in [-0.3, -0.25) is 9.48 Å². The van der Waals surface area contributed by atoms with Crippen molar-refractivity contribution in [2.45, 2.75) is 6.92 Å². The van der Waals surface area contributed by atoms with Crippen molar-refractivity contribution in [1.29, 1.82) is 0 Å². The fourth-order valence-corrected chi connectivity index (χ4v) is 3.83. The number of hydrogen-bond acceptors (Lipinski definition) is 5. The predicted octanol–water partition coefficient (Wildman–Crippen LogP) is 4.36. The summed E-state index contributed by atoms with van der Waals surface area (Å²) in [5.41, 5.74) is 3.83. The molecule has 4 aromatic rings. The molecule has 7 heteroatoms. The predicted molar refractivity (Wildman–Crippen MR) is 113 cm³/mol. The van der Waals surface area contributed by atoms with Crippen LogP contribution in [0.4, 0.5) is 10.8 Å². The molecule has 0 bridgehead atoms. The van der Waals surface area contributed by atoms with Gasteiger partial charge in [-0.25, -0.2) is 9.67 Å². The second-order valence-corrected chi connectivity index (χ2v) is 7.19. The number of rotatable bonds is 5. The van der Waals surface area contributed by atoms with Gasteiger partial charge in [-0.15, -0.1) is 11.3 Å². The van der Waals surface area contributed by atoms with Crippen LogP contribution in [0.25, 0.3) is 16.9 Å². The number of benzene rings is 2. The van der Waals surface area contributed by atoms with Crippen LogP contribution < -0.4 is 15.6 Å². The smallest absolute Gasteiger partial charge is 0.281 e. The highest BCUT2D eigenvalue weighted by atomic mass is 32.1. The van der Waals surface area contributed by atoms with Crippen LogP contribution in [0, 0.1) is 6.92 Å². The Kier molecular flexibility index (Phi) is 4.75. The largest absolute Gasteiger partial charge is 0.497 e. The van der Waals surface area contributed by atoms with E-state index in [0.29, 0.717) is 11.3 Å². The molecule has 0 fully saturated rings. The van der Waals surface area contributed by atoms with E-state index in [1.54, 1.807) is 11.8 Å². The van der Waals surface area contributed by atoms with Crippen LogP contribution in [0.1, 0.15) is 5.69 Å². The first-order valence-corrected chi connectivity index (χ1v) is 9.67. The molecular weight excluding hydrogens is 372 g/mol. The van der Waals surface area contributed by atoms with Crippen molar-refractivity contribution in [2.75, 3.05) is 12.4 Å². The number of aromatic nitrogens is 3. The molecule has 4 rings (SSSR count). The molecule has 0 atom stereocenters. The Morgan fingerprint density at radius 3 is 2.46 bits per heavy atom. The third-order valence-corrected chi connectivity index (χ3v) is 5.41. The summed E-state index contributed by atoms with van der Waals surface area (Å²) in [7, 11) is 3.52. The van der Waals surface area contributed by atoms with E-state index in [-0.39, 0.29) is 5.56 Å². The molecule has 142 valence electrons. The lowest BCUT2D eigenvalue weighted by atomic mass is 10.2. The Balaban J connectivity index is 1.68. The van der Waals surface area contributed by atoms with Gasteiger partial charge >= 0.3 is 0 Å². The maximum atomic E-state index is 13.1. The molecule has 2 aromatic heterocycles. The number of thiazole rings is 1. The van der Waals surface area contributed by atoms with Crippen molar-refractivity contribution >= 4 is 22.2 Å². The average molecular weight is 392 g/mol. The molecule has 2 aromatic carbocycles. The van der Waals surface area contributed by atoms with Crippen LogP contribution >= 0.6 is 11.3 Å². The molecule has 0 spiro atoms. The molecule has 0 unspecified atom stereocenters. The highest BCUT2D eigenvalue weighted by molar-refractivity contribution is 7.14. The quantitative estimate of drug-likeness (QED) is 0.548. The van der Waals surface area contributed by atoms with Gasteiger partial charge in [0.1, 0.15) is 5.75 Å². The number of para-hydroxylation sites is 1. The van der Waals surface area contributed by atoms with Crippen LogP contribution in [0.5, 0.6) is 5.75 Å². The van der Waals surface area contributed by atoms with Crippen LogP contribution in [0.2, 0.25) is 0 Å². The van der Waals surface area contributed by atoms with E-state index in [4.69, 9.17) is 4.74 Å². The monoisotopic (exact) mass is 392 g/mol. The number of nitrogens with one attached hydrogen (secondary N) is 1. The van der Waals surface area contributed by atoms with E-state index in [1.165, 1.54) is 11.3 Å². The summed E-state index contributed by atoms with van der Waals surface area (Å²) in [5, 5.41) is 5.91. The second-order valence-electron chi connectivity index (χ2n) is 6.33. The van der Waals surface area contributed by atoms with Gasteiger partial charge in [0.25, 0.3) is 5.56 Å². The summed E-state index contributed by atoms with van der Waals surface area (Å²) < 4.78 is 8.71. The maximum Gasteiger partial charge on any atom is 0.281 e. The Bertz CT molecular complexity index is 1160. The van der Waals surface area contributed by atoms with Crippen molar-refractivity contribution in [1.82, 2.24) is 14.3 Å². The first-order valence-electron chi connectivity index (χ1n) is 8.79. The number of hydrogen-bond donors (Lipinski definition) is 1. The van der Waals surface area contributed by atoms with Crippen molar-refractivity contribution in [2.24, 2.45) is 7.05 Å². The Labute approximate surface area is 166 Å². The highest BCUT2D eigenvalue weighted by Gasteiger charge is 2.19. The minimum absolute atomic E-state index is 0.0764. The van der Waals surface area contributed by atoms with Crippen molar-refractivity contribution in [3.8, 4) is 22.7 Å². The molecule has 0 saturated heterocycles. The van der Waals surface area contributed by atoms with E-state index in [2.05, 4.69) is 10.3 Å². The van der Waals surface area contributed by atoms with Gasteiger partial charge in [0.2, 0.25) is 0 Å². The van der Waals surface area contributed by atoms with E-state index < -0.39 is 0 Å². The fourth-order valence-electron chi connectivity index (χ4n) is 3.11. The van der Waals surface area contributed by atoms with Crippen LogP contribution in [-0.2, 0) is 7.05 Å². The van der Waals surface area contributed by atoms with Crippen LogP contribution in [0.15, 0.2) is 64.8 Å². The van der Waals surface area contributed by atoms with Gasteiger partial charge in [0.15, 0.2) is 5.13 Å². The molecule has 0 aliphatic rings. The summed E-state index contributed by atoms with van der Waals surface area (Å²) >= 11 is 1.47. The highest BCUT2D eigenvalue weighted by Crippen LogP contribution is 2.28. The number of nitrogens with zero attached hydrogens (tertiary/aromatic N) is 3. The summed E-state index contributed by atoms with van der Waals surface area (Å²) in [4.78, 5) is 17.8. The Morgan fingerprint density at radius 2 is 1.79 bits per heavy atom. The average Bonchev–Trinajstić information content (AvgIpc) is 3.25. The zero-order valence-electron chi connectivity index (χ0n) is 15.8. The molecule has 28 heavy (non-hydrogen) atoms. The zero-order valence-corrected chi connectivity index (χ0v) is 16.7. The van der Waals surface area contributed by atoms with Crippen LogP contribution in [0.3, 0.4) is 0 Å². The van der Waals surface area contributed by atoms with E-state index in [9.17, 15) is 4.79 Å². The second kappa shape index (κ2) is 7.36. The lowest BCUT2D eigenvalue weighted by molar-refractivity contribution is 0.415. The first kappa shape index (κ1) is 18.1. The maximum absolute atomic E-state index is 13.1.